The van der Waals surface area contributed by atoms with Gasteiger partial charge in [-0.05, 0) is 42.8 Å². The zero-order valence-electron chi connectivity index (χ0n) is 13.8. The van der Waals surface area contributed by atoms with E-state index >= 15 is 0 Å². The third kappa shape index (κ3) is 5.19. The summed E-state index contributed by atoms with van der Waals surface area (Å²) in [5.74, 6) is 0.138. The third-order valence-electron chi connectivity index (χ3n) is 3.47. The first-order chi connectivity index (χ1) is 11.8. The Kier molecular flexibility index (Phi) is 6.41. The highest BCUT2D eigenvalue weighted by Crippen LogP contribution is 2.19. The van der Waals surface area contributed by atoms with Crippen molar-refractivity contribution in [3.8, 4) is 5.75 Å². The van der Waals surface area contributed by atoms with Crippen LogP contribution >= 0.6 is 11.6 Å². The summed E-state index contributed by atoms with van der Waals surface area (Å²) in [5.41, 5.74) is 0.687. The minimum absolute atomic E-state index is 0.0912. The van der Waals surface area contributed by atoms with Gasteiger partial charge in [-0.15, -0.1) is 0 Å². The molecule has 2 N–H and O–H groups in total. The van der Waals surface area contributed by atoms with Crippen molar-refractivity contribution in [3.05, 3.63) is 59.1 Å². The van der Waals surface area contributed by atoms with E-state index in [1.807, 2.05) is 0 Å². The van der Waals surface area contributed by atoms with Gasteiger partial charge in [-0.2, -0.15) is 0 Å². The topological polar surface area (TPSA) is 84.5 Å². The Morgan fingerprint density at radius 2 is 1.80 bits per heavy atom. The van der Waals surface area contributed by atoms with Crippen LogP contribution in [0.2, 0.25) is 5.02 Å². The molecule has 25 heavy (non-hydrogen) atoms. The summed E-state index contributed by atoms with van der Waals surface area (Å²) < 4.78 is 32.6. The molecule has 0 bridgehead atoms. The summed E-state index contributed by atoms with van der Waals surface area (Å²) in [4.78, 5) is 11.5. The van der Waals surface area contributed by atoms with E-state index in [1.165, 1.54) is 31.3 Å². The fourth-order valence-corrected chi connectivity index (χ4v) is 3.27. The lowest BCUT2D eigenvalue weighted by Gasteiger charge is -2.13. The van der Waals surface area contributed by atoms with Crippen molar-refractivity contribution in [2.24, 2.45) is 0 Å². The van der Waals surface area contributed by atoms with Gasteiger partial charge in [-0.3, -0.25) is 4.79 Å². The highest BCUT2D eigenvalue weighted by molar-refractivity contribution is 7.89. The monoisotopic (exact) mass is 382 g/mol. The molecule has 2 aromatic carbocycles. The Morgan fingerprint density at radius 1 is 1.16 bits per heavy atom. The van der Waals surface area contributed by atoms with Gasteiger partial charge in [0.05, 0.1) is 4.90 Å². The van der Waals surface area contributed by atoms with Crippen molar-refractivity contribution in [2.75, 3.05) is 7.05 Å². The van der Waals surface area contributed by atoms with E-state index in [0.29, 0.717) is 16.3 Å². The van der Waals surface area contributed by atoms with E-state index in [2.05, 4.69) is 10.0 Å². The number of nitrogens with one attached hydrogen (secondary N) is 2. The second-order valence-electron chi connectivity index (χ2n) is 5.26. The quantitative estimate of drug-likeness (QED) is 0.769. The number of ether oxygens (including phenoxy) is 1. The fraction of sp³-hybridized carbons (Fsp3) is 0.235. The van der Waals surface area contributed by atoms with Gasteiger partial charge in [-0.25, -0.2) is 13.1 Å². The van der Waals surface area contributed by atoms with E-state index in [4.69, 9.17) is 16.3 Å². The lowest BCUT2D eigenvalue weighted by atomic mass is 10.2. The van der Waals surface area contributed by atoms with E-state index in [0.717, 1.165) is 0 Å². The molecule has 8 heteroatoms. The Labute approximate surface area is 152 Å². The molecule has 6 nitrogen and oxygen atoms in total. The van der Waals surface area contributed by atoms with Gasteiger partial charge >= 0.3 is 0 Å². The number of carbonyl (C=O) groups excluding carboxylic acids is 1. The van der Waals surface area contributed by atoms with E-state index in [9.17, 15) is 13.2 Å². The molecule has 2 aromatic rings. The van der Waals surface area contributed by atoms with Gasteiger partial charge in [0, 0.05) is 18.6 Å². The highest BCUT2D eigenvalue weighted by Gasteiger charge is 2.16. The zero-order chi connectivity index (χ0) is 18.4. The molecule has 0 fully saturated rings. The van der Waals surface area contributed by atoms with Crippen LogP contribution in [0.15, 0.2) is 53.4 Å². The molecular weight excluding hydrogens is 364 g/mol. The first-order valence-electron chi connectivity index (χ1n) is 7.55. The van der Waals surface area contributed by atoms with Crippen LogP contribution in [-0.2, 0) is 21.4 Å². The number of carbonyl (C=O) groups is 1. The molecule has 0 spiro atoms. The Morgan fingerprint density at radius 3 is 2.40 bits per heavy atom. The van der Waals surface area contributed by atoms with E-state index in [1.54, 1.807) is 31.2 Å². The van der Waals surface area contributed by atoms with Gasteiger partial charge in [0.1, 0.15) is 5.75 Å². The fourth-order valence-electron chi connectivity index (χ4n) is 2.06. The average Bonchev–Trinajstić information content (AvgIpc) is 2.60. The predicted octanol–water partition coefficient (Wildman–Crippen LogP) is 2.33. The second-order valence-corrected chi connectivity index (χ2v) is 7.44. The molecule has 0 radical (unpaired) electrons. The molecule has 0 saturated heterocycles. The predicted molar refractivity (Wildman–Crippen MR) is 96.1 cm³/mol. The smallest absolute Gasteiger partial charge is 0.260 e. The number of hydrogen-bond acceptors (Lipinski definition) is 4. The standard InChI is InChI=1S/C17H19ClN2O4S/c1-12(17(21)19-2)24-14-7-9-15(10-8-14)25(22,23)20-11-13-5-3-4-6-16(13)18/h3-10,12,20H,11H2,1-2H3,(H,19,21)/t12-/m1/s1. The molecule has 0 aromatic heterocycles. The molecular formula is C17H19ClN2O4S. The van der Waals surface area contributed by atoms with Crippen LogP contribution in [0.25, 0.3) is 0 Å². The number of benzene rings is 2. The lowest BCUT2D eigenvalue weighted by Crippen LogP contribution is -2.33. The number of halogens is 1. The van der Waals surface area contributed by atoms with Crippen LogP contribution in [-0.4, -0.2) is 27.5 Å². The molecule has 0 heterocycles. The van der Waals surface area contributed by atoms with Gasteiger partial charge in [0.2, 0.25) is 10.0 Å². The first kappa shape index (κ1) is 19.2. The Balaban J connectivity index is 2.05. The maximum atomic E-state index is 12.3. The summed E-state index contributed by atoms with van der Waals surface area (Å²) >= 11 is 6.02. The molecule has 0 unspecified atom stereocenters. The molecule has 1 amide bonds. The Bertz CT molecular complexity index is 838. The normalized spacial score (nSPS) is 12.4. The summed E-state index contributed by atoms with van der Waals surface area (Å²) in [7, 11) is -2.17. The molecule has 2 rings (SSSR count). The first-order valence-corrected chi connectivity index (χ1v) is 9.41. The van der Waals surface area contributed by atoms with E-state index in [-0.39, 0.29) is 17.3 Å². The maximum absolute atomic E-state index is 12.3. The SMILES string of the molecule is CNC(=O)[C@@H](C)Oc1ccc(S(=O)(=O)NCc2ccccc2Cl)cc1. The van der Waals surface area contributed by atoms with Gasteiger partial charge in [0.15, 0.2) is 6.10 Å². The lowest BCUT2D eigenvalue weighted by molar-refractivity contribution is -0.126. The Hall–Kier alpha value is -2.09. The molecule has 134 valence electrons. The van der Waals surface area contributed by atoms with Crippen LogP contribution in [0.1, 0.15) is 12.5 Å². The highest BCUT2D eigenvalue weighted by atomic mass is 35.5. The second kappa shape index (κ2) is 8.33. The molecule has 0 saturated carbocycles. The van der Waals surface area contributed by atoms with Gasteiger partial charge in [-0.1, -0.05) is 29.8 Å². The molecule has 0 aliphatic rings. The van der Waals surface area contributed by atoms with Crippen molar-refractivity contribution < 1.29 is 17.9 Å². The van der Waals surface area contributed by atoms with Crippen molar-refractivity contribution >= 4 is 27.5 Å². The number of sulfonamides is 1. The molecule has 0 aliphatic heterocycles. The molecule has 0 aliphatic carbocycles. The third-order valence-corrected chi connectivity index (χ3v) is 5.26. The maximum Gasteiger partial charge on any atom is 0.260 e. The van der Waals surface area contributed by atoms with Crippen molar-refractivity contribution in [3.63, 3.8) is 0 Å². The van der Waals surface area contributed by atoms with Crippen LogP contribution in [0.5, 0.6) is 5.75 Å². The number of likely N-dealkylation sites (N-methyl/N-ethyl adjacent to an activating group) is 1. The van der Waals surface area contributed by atoms with Crippen LogP contribution < -0.4 is 14.8 Å². The minimum Gasteiger partial charge on any atom is -0.481 e. The summed E-state index contributed by atoms with van der Waals surface area (Å²) in [5, 5.41) is 2.97. The number of rotatable bonds is 7. The van der Waals surface area contributed by atoms with Crippen LogP contribution in [0.3, 0.4) is 0 Å². The van der Waals surface area contributed by atoms with Crippen molar-refractivity contribution in [1.82, 2.24) is 10.0 Å². The van der Waals surface area contributed by atoms with Gasteiger partial charge in [0.25, 0.3) is 5.91 Å². The number of amides is 1. The zero-order valence-corrected chi connectivity index (χ0v) is 15.4. The average molecular weight is 383 g/mol. The van der Waals surface area contributed by atoms with Crippen LogP contribution in [0, 0.1) is 0 Å². The van der Waals surface area contributed by atoms with Crippen LogP contribution in [0.4, 0.5) is 0 Å². The van der Waals surface area contributed by atoms with E-state index < -0.39 is 16.1 Å². The summed E-state index contributed by atoms with van der Waals surface area (Å²) in [6.45, 7) is 1.70. The summed E-state index contributed by atoms with van der Waals surface area (Å²) in [6.07, 6.45) is -0.675. The summed E-state index contributed by atoms with van der Waals surface area (Å²) in [6, 6.07) is 12.9. The van der Waals surface area contributed by atoms with Crippen molar-refractivity contribution in [2.45, 2.75) is 24.5 Å². The number of hydrogen-bond donors (Lipinski definition) is 2. The largest absolute Gasteiger partial charge is 0.481 e. The van der Waals surface area contributed by atoms with Gasteiger partial charge < -0.3 is 10.1 Å². The van der Waals surface area contributed by atoms with Crippen molar-refractivity contribution in [1.29, 1.82) is 0 Å². The molecule has 1 atom stereocenters. The minimum atomic E-state index is -3.68.